The van der Waals surface area contributed by atoms with Crippen molar-refractivity contribution in [2.24, 2.45) is 35.5 Å². The summed E-state index contributed by atoms with van der Waals surface area (Å²) < 4.78 is 5.93. The van der Waals surface area contributed by atoms with Gasteiger partial charge in [-0.15, -0.1) is 0 Å². The van der Waals surface area contributed by atoms with E-state index in [4.69, 9.17) is 4.74 Å². The van der Waals surface area contributed by atoms with Gasteiger partial charge in [-0.25, -0.2) is 0 Å². The first-order valence-corrected chi connectivity index (χ1v) is 31.7. The molecule has 0 aliphatic carbocycles. The molecule has 0 spiro atoms. The molecule has 1 rings (SSSR count). The molecule has 0 saturated carbocycles. The number of nitrogens with zero attached hydrogens (tertiary/aromatic N) is 7. The topological polar surface area (TPSA) is 308 Å². The van der Waals surface area contributed by atoms with E-state index in [1.807, 2.05) is 41.5 Å². The summed E-state index contributed by atoms with van der Waals surface area (Å²) in [7, 11) is 9.55. The number of hydrogen-bond acceptors (Lipinski definition) is 14. The summed E-state index contributed by atoms with van der Waals surface area (Å²) in [5.41, 5.74) is -1.60. The number of hydrogen-bond donors (Lipinski definition) is 6. The fourth-order valence-corrected chi connectivity index (χ4v) is 11.0. The summed E-state index contributed by atoms with van der Waals surface area (Å²) >= 11 is 0. The fourth-order valence-electron chi connectivity index (χ4n) is 11.0. The second kappa shape index (κ2) is 36.0. The summed E-state index contributed by atoms with van der Waals surface area (Å²) in [4.78, 5) is 170. The maximum atomic E-state index is 15.2. The quantitative estimate of drug-likeness (QED) is 0.114. The highest BCUT2D eigenvalue weighted by Crippen LogP contribution is 2.26. The lowest BCUT2D eigenvalue weighted by Gasteiger charge is -2.41. The molecule has 0 aromatic rings. The summed E-state index contributed by atoms with van der Waals surface area (Å²) in [5.74, 6) is -10.8. The van der Waals surface area contributed by atoms with Crippen LogP contribution in [0.15, 0.2) is 12.2 Å². The standard InChI is InChI=1S/C64H115N11O14/c1-26-29-30-40(14)51(76)50-55(80)67-43(27-2)57(82)75(25)63(89-28-3)62(87)72(22)47(34-64(17,18)88)54(79)68-48(38(10)11)60(85)69(19)44(31-35(4)5)53(78)65-41(15)52(77)66-42(16)56(81)70(20)45(32-36(6)7)58(83)71(21)46(33-37(8)9)59(84)73(23)49(39(12)13)61(86)74(50)24/h26,29,35-51,63,76,88H,27-28,30-34H2,1-25H3,(H,65,78)(H,66,77)(H,67,80)(H,68,79)/b29-26+/t40-,41+,42-,43+,44+,45+,46+,47+,48+,49+,50+,51-,63?/m1/s1. The van der Waals surface area contributed by atoms with Crippen LogP contribution in [0.3, 0.4) is 0 Å². The lowest BCUT2D eigenvalue weighted by atomic mass is 9.91. The van der Waals surface area contributed by atoms with Crippen LogP contribution in [0.25, 0.3) is 0 Å². The number of aliphatic hydroxyl groups excluding tert-OH is 1. The highest BCUT2D eigenvalue weighted by atomic mass is 16.5. The second-order valence-electron chi connectivity index (χ2n) is 27.0. The Bertz CT molecular complexity index is 2450. The van der Waals surface area contributed by atoms with Crippen molar-refractivity contribution >= 4 is 65.0 Å². The molecule has 6 N–H and O–H groups in total. The molecule has 11 amide bonds. The first-order valence-electron chi connectivity index (χ1n) is 31.7. The third kappa shape index (κ3) is 22.6. The third-order valence-corrected chi connectivity index (χ3v) is 16.5. The molecule has 0 bridgehead atoms. The number of nitrogens with one attached hydrogen (secondary N) is 4. The van der Waals surface area contributed by atoms with Crippen molar-refractivity contribution in [3.05, 3.63) is 12.2 Å². The van der Waals surface area contributed by atoms with Gasteiger partial charge in [-0.2, -0.15) is 0 Å². The molecule has 1 aliphatic heterocycles. The first-order chi connectivity index (χ1) is 41.0. The van der Waals surface area contributed by atoms with Crippen molar-refractivity contribution in [2.75, 3.05) is 55.9 Å². The molecular weight excluding hydrogens is 1150 g/mol. The molecular formula is C64H115N11O14. The minimum absolute atomic E-state index is 0.0702. The zero-order valence-corrected chi connectivity index (χ0v) is 58.4. The molecule has 1 aliphatic rings. The van der Waals surface area contributed by atoms with Gasteiger partial charge in [0.25, 0.3) is 5.91 Å². The Balaban J connectivity index is 4.48. The molecule has 0 aromatic carbocycles. The molecule has 25 heteroatoms. The van der Waals surface area contributed by atoms with E-state index in [2.05, 4.69) is 21.3 Å². The van der Waals surface area contributed by atoms with Gasteiger partial charge < -0.3 is 70.5 Å². The zero-order chi connectivity index (χ0) is 69.2. The molecule has 510 valence electrons. The number of carbonyl (C=O) groups excluding carboxylic acids is 11. The van der Waals surface area contributed by atoms with Crippen LogP contribution in [0.4, 0.5) is 0 Å². The zero-order valence-electron chi connectivity index (χ0n) is 58.4. The Morgan fingerprint density at radius 1 is 0.494 bits per heavy atom. The normalized spacial score (nSPS) is 27.2. The molecule has 25 nitrogen and oxygen atoms in total. The van der Waals surface area contributed by atoms with E-state index in [0.717, 1.165) is 14.7 Å². The van der Waals surface area contributed by atoms with E-state index in [9.17, 15) is 53.4 Å². The monoisotopic (exact) mass is 1260 g/mol. The van der Waals surface area contributed by atoms with Crippen molar-refractivity contribution in [2.45, 2.75) is 242 Å². The summed E-state index contributed by atoms with van der Waals surface area (Å²) in [5, 5.41) is 34.2. The SMILES string of the molecule is C/C=C/C[C@@H](C)[C@@H](O)[C@H]1C(=O)N[C@@H](CC)C(=O)N(C)C(OCC)C(=O)N(C)[C@@H](CC(C)(C)O)C(=O)N[C@@H](C(C)C)C(=O)N(C)[C@@H](CC(C)C)C(=O)N[C@@H](C)C(=O)N[C@H](C)C(=O)N(C)[C@@H](CC(C)C)C(=O)N(C)[C@@H](CC(C)C)C(=O)N(C)[C@@H](C(C)C)C(=O)N1C. The number of amides is 11. The highest BCUT2D eigenvalue weighted by Gasteiger charge is 2.47. The van der Waals surface area contributed by atoms with Crippen LogP contribution in [-0.2, 0) is 57.5 Å². The third-order valence-electron chi connectivity index (χ3n) is 16.5. The average molecular weight is 1260 g/mol. The molecule has 89 heavy (non-hydrogen) atoms. The molecule has 13 atom stereocenters. The first kappa shape index (κ1) is 80.8. The summed E-state index contributed by atoms with van der Waals surface area (Å²) in [6.45, 7) is 30.1. The predicted octanol–water partition coefficient (Wildman–Crippen LogP) is 2.75. The molecule has 1 heterocycles. The largest absolute Gasteiger partial charge is 0.390 e. The van der Waals surface area contributed by atoms with Crippen LogP contribution < -0.4 is 21.3 Å². The number of likely N-dealkylation sites (N-methyl/N-ethyl adjacent to an activating group) is 7. The molecule has 1 saturated heterocycles. The van der Waals surface area contributed by atoms with E-state index >= 15 is 9.59 Å². The highest BCUT2D eigenvalue weighted by molar-refractivity contribution is 6.00. The number of ether oxygens (including phenoxy) is 1. The van der Waals surface area contributed by atoms with Gasteiger partial charge in [0, 0.05) is 62.4 Å². The maximum absolute atomic E-state index is 15.2. The fraction of sp³-hybridized carbons (Fsp3) is 0.797. The molecule has 0 aromatic heterocycles. The molecule has 1 unspecified atom stereocenters. The summed E-state index contributed by atoms with van der Waals surface area (Å²) in [6.07, 6.45) is 0.460. The van der Waals surface area contributed by atoms with Gasteiger partial charge in [0.15, 0.2) is 0 Å². The van der Waals surface area contributed by atoms with Gasteiger partial charge in [-0.1, -0.05) is 95.2 Å². The van der Waals surface area contributed by atoms with E-state index in [-0.39, 0.29) is 62.9 Å². The van der Waals surface area contributed by atoms with Gasteiger partial charge >= 0.3 is 0 Å². The Morgan fingerprint density at radius 3 is 1.38 bits per heavy atom. The van der Waals surface area contributed by atoms with Gasteiger partial charge in [0.2, 0.25) is 65.3 Å². The van der Waals surface area contributed by atoms with E-state index < -0.39 is 161 Å². The Hall–Kier alpha value is -6.21. The lowest BCUT2D eigenvalue weighted by molar-refractivity contribution is -0.168. The van der Waals surface area contributed by atoms with E-state index in [1.165, 1.54) is 96.6 Å². The van der Waals surface area contributed by atoms with E-state index in [1.54, 1.807) is 67.5 Å². The second-order valence-corrected chi connectivity index (χ2v) is 27.0. The van der Waals surface area contributed by atoms with Crippen molar-refractivity contribution in [1.29, 1.82) is 0 Å². The smallest absolute Gasteiger partial charge is 0.273 e. The lowest BCUT2D eigenvalue weighted by Crippen LogP contribution is -2.64. The van der Waals surface area contributed by atoms with Crippen LogP contribution in [-0.4, -0.2) is 244 Å². The van der Waals surface area contributed by atoms with E-state index in [0.29, 0.717) is 0 Å². The number of rotatable bonds is 17. The van der Waals surface area contributed by atoms with Gasteiger partial charge in [-0.05, 0) is 109 Å². The number of carbonyl (C=O) groups is 11. The van der Waals surface area contributed by atoms with Crippen LogP contribution in [0.5, 0.6) is 0 Å². The Kier molecular flexibility index (Phi) is 32.7. The minimum atomic E-state index is -1.74. The van der Waals surface area contributed by atoms with Gasteiger partial charge in [-0.3, -0.25) is 52.7 Å². The summed E-state index contributed by atoms with van der Waals surface area (Å²) in [6, 6.07) is -13.3. The van der Waals surface area contributed by atoms with Crippen LogP contribution >= 0.6 is 0 Å². The number of allylic oxidation sites excluding steroid dienone is 2. The van der Waals surface area contributed by atoms with Crippen molar-refractivity contribution in [1.82, 2.24) is 55.6 Å². The van der Waals surface area contributed by atoms with Crippen LogP contribution in [0.2, 0.25) is 0 Å². The van der Waals surface area contributed by atoms with Gasteiger partial charge in [0.1, 0.15) is 60.4 Å². The van der Waals surface area contributed by atoms with Gasteiger partial charge in [0.05, 0.1) is 11.7 Å². The Labute approximate surface area is 531 Å². The van der Waals surface area contributed by atoms with Crippen molar-refractivity contribution in [3.63, 3.8) is 0 Å². The average Bonchev–Trinajstić information content (AvgIpc) is 2.33. The minimum Gasteiger partial charge on any atom is -0.390 e. The van der Waals surface area contributed by atoms with Crippen molar-refractivity contribution in [3.8, 4) is 0 Å². The van der Waals surface area contributed by atoms with Crippen LogP contribution in [0, 0.1) is 35.5 Å². The molecule has 1 fully saturated rings. The molecule has 0 radical (unpaired) electrons. The maximum Gasteiger partial charge on any atom is 0.273 e. The number of aliphatic hydroxyl groups is 2. The Morgan fingerprint density at radius 2 is 0.933 bits per heavy atom. The van der Waals surface area contributed by atoms with Crippen LogP contribution in [0.1, 0.15) is 163 Å². The predicted molar refractivity (Wildman–Crippen MR) is 340 cm³/mol. The van der Waals surface area contributed by atoms with Crippen molar-refractivity contribution < 1.29 is 67.7 Å².